The number of rotatable bonds is 12. The van der Waals surface area contributed by atoms with E-state index in [-0.39, 0.29) is 0 Å². The largest absolute Gasteiger partial charge is 0.302 e. The van der Waals surface area contributed by atoms with Gasteiger partial charge in [0.05, 0.1) is 0 Å². The molecule has 0 saturated carbocycles. The summed E-state index contributed by atoms with van der Waals surface area (Å²) in [5.41, 5.74) is 0. The second kappa shape index (κ2) is 15.2. The molecular formula is C18H33N. The molecule has 0 bridgehead atoms. The molecule has 0 N–H and O–H groups in total. The van der Waals surface area contributed by atoms with Gasteiger partial charge in [0.25, 0.3) is 0 Å². The van der Waals surface area contributed by atoms with E-state index in [2.05, 4.69) is 62.1 Å². The van der Waals surface area contributed by atoms with Crippen LogP contribution in [0.3, 0.4) is 0 Å². The lowest BCUT2D eigenvalue weighted by atomic mass is 10.2. The number of allylic oxidation sites excluding steroid dienone is 3. The first-order chi connectivity index (χ1) is 9.35. The molecule has 19 heavy (non-hydrogen) atoms. The zero-order valence-electron chi connectivity index (χ0n) is 13.3. The molecule has 0 atom stereocenters. The van der Waals surface area contributed by atoms with Gasteiger partial charge >= 0.3 is 0 Å². The van der Waals surface area contributed by atoms with Gasteiger partial charge in [-0.25, -0.2) is 0 Å². The Morgan fingerprint density at radius 2 is 0.842 bits per heavy atom. The molecule has 0 aliphatic rings. The molecule has 0 fully saturated rings. The maximum absolute atomic E-state index is 2.58. The topological polar surface area (TPSA) is 3.24 Å². The van der Waals surface area contributed by atoms with Gasteiger partial charge in [0, 0.05) is 19.6 Å². The van der Waals surface area contributed by atoms with Crippen LogP contribution in [-0.4, -0.2) is 24.5 Å². The van der Waals surface area contributed by atoms with Crippen molar-refractivity contribution in [3.63, 3.8) is 0 Å². The van der Waals surface area contributed by atoms with E-state index in [0.717, 1.165) is 19.3 Å². The van der Waals surface area contributed by atoms with Gasteiger partial charge < -0.3 is 4.90 Å². The molecule has 0 aliphatic heterocycles. The molecule has 0 heterocycles. The third kappa shape index (κ3) is 13.4. The second-order valence-electron chi connectivity index (χ2n) is 4.85. The fraction of sp³-hybridized carbons (Fsp3) is 0.667. The Morgan fingerprint density at radius 1 is 0.526 bits per heavy atom. The summed E-state index contributed by atoms with van der Waals surface area (Å²) in [5, 5.41) is 0. The van der Waals surface area contributed by atoms with Crippen molar-refractivity contribution >= 4 is 0 Å². The zero-order valence-corrected chi connectivity index (χ0v) is 13.3. The predicted octanol–water partition coefficient (Wildman–Crippen LogP) is 5.36. The quantitative estimate of drug-likeness (QED) is 0.429. The summed E-state index contributed by atoms with van der Waals surface area (Å²) in [6.07, 6.45) is 20.8. The van der Waals surface area contributed by atoms with Gasteiger partial charge in [0.1, 0.15) is 0 Å². The minimum Gasteiger partial charge on any atom is -0.302 e. The molecule has 0 rings (SSSR count). The molecule has 0 aromatic heterocycles. The summed E-state index contributed by atoms with van der Waals surface area (Å²) < 4.78 is 0. The average Bonchev–Trinajstić information content (AvgIpc) is 2.43. The third-order valence-electron chi connectivity index (χ3n) is 3.04. The molecular weight excluding hydrogens is 230 g/mol. The molecule has 110 valence electrons. The van der Waals surface area contributed by atoms with Gasteiger partial charge in [-0.3, -0.25) is 0 Å². The van der Waals surface area contributed by atoms with Gasteiger partial charge in [0.15, 0.2) is 0 Å². The highest BCUT2D eigenvalue weighted by Crippen LogP contribution is 2.00. The predicted molar refractivity (Wildman–Crippen MR) is 88.6 cm³/mol. The van der Waals surface area contributed by atoms with Crippen molar-refractivity contribution in [2.24, 2.45) is 0 Å². The van der Waals surface area contributed by atoms with Gasteiger partial charge in [0.2, 0.25) is 0 Å². The fourth-order valence-corrected chi connectivity index (χ4v) is 1.96. The first kappa shape index (κ1) is 18.2. The highest BCUT2D eigenvalue weighted by Gasteiger charge is 2.01. The molecule has 0 aliphatic carbocycles. The fourth-order valence-electron chi connectivity index (χ4n) is 1.96. The van der Waals surface area contributed by atoms with E-state index >= 15 is 0 Å². The van der Waals surface area contributed by atoms with E-state index in [1.165, 1.54) is 38.9 Å². The van der Waals surface area contributed by atoms with Crippen LogP contribution in [0, 0.1) is 0 Å². The van der Waals surface area contributed by atoms with E-state index in [0.29, 0.717) is 0 Å². The smallest absolute Gasteiger partial charge is 0.00162 e. The number of hydrogen-bond acceptors (Lipinski definition) is 1. The van der Waals surface area contributed by atoms with E-state index < -0.39 is 0 Å². The molecule has 0 spiro atoms. The molecule has 0 saturated heterocycles. The minimum atomic E-state index is 1.15. The first-order valence-corrected chi connectivity index (χ1v) is 8.02. The van der Waals surface area contributed by atoms with E-state index in [1.54, 1.807) is 0 Å². The maximum atomic E-state index is 2.58. The lowest BCUT2D eigenvalue weighted by Gasteiger charge is -2.20. The van der Waals surface area contributed by atoms with Crippen molar-refractivity contribution in [2.45, 2.75) is 59.3 Å². The first-order valence-electron chi connectivity index (χ1n) is 8.02. The summed E-state index contributed by atoms with van der Waals surface area (Å²) in [7, 11) is 0. The highest BCUT2D eigenvalue weighted by atomic mass is 15.1. The van der Waals surface area contributed by atoms with Crippen molar-refractivity contribution < 1.29 is 0 Å². The van der Waals surface area contributed by atoms with Gasteiger partial charge in [-0.2, -0.15) is 0 Å². The van der Waals surface area contributed by atoms with E-state index in [1.807, 2.05) is 0 Å². The maximum Gasteiger partial charge on any atom is 0.00162 e. The van der Waals surface area contributed by atoms with Crippen molar-refractivity contribution in [3.8, 4) is 0 Å². The molecule has 1 nitrogen and oxygen atoms in total. The van der Waals surface area contributed by atoms with Gasteiger partial charge in [-0.1, -0.05) is 57.2 Å². The lowest BCUT2D eigenvalue weighted by Crippen LogP contribution is -2.26. The van der Waals surface area contributed by atoms with Crippen LogP contribution in [-0.2, 0) is 0 Å². The van der Waals surface area contributed by atoms with Crippen LogP contribution in [0.2, 0.25) is 0 Å². The second-order valence-corrected chi connectivity index (χ2v) is 4.85. The van der Waals surface area contributed by atoms with Crippen LogP contribution < -0.4 is 0 Å². The molecule has 0 unspecified atom stereocenters. The van der Waals surface area contributed by atoms with E-state index in [4.69, 9.17) is 0 Å². The molecule has 0 amide bonds. The van der Waals surface area contributed by atoms with Crippen LogP contribution >= 0.6 is 0 Å². The summed E-state index contributed by atoms with van der Waals surface area (Å²) in [6, 6.07) is 0. The van der Waals surface area contributed by atoms with Crippen molar-refractivity contribution in [3.05, 3.63) is 36.5 Å². The van der Waals surface area contributed by atoms with Crippen LogP contribution in [0.25, 0.3) is 0 Å². The third-order valence-corrected chi connectivity index (χ3v) is 3.04. The Kier molecular flexibility index (Phi) is 14.6. The Balaban J connectivity index is 3.94. The molecule has 0 radical (unpaired) electrons. The normalized spacial score (nSPS) is 12.6. The molecule has 1 heteroatoms. The van der Waals surface area contributed by atoms with Crippen LogP contribution in [0.4, 0.5) is 0 Å². The van der Waals surface area contributed by atoms with E-state index in [9.17, 15) is 0 Å². The van der Waals surface area contributed by atoms with Gasteiger partial charge in [-0.05, 0) is 38.5 Å². The Labute approximate surface area is 121 Å². The summed E-state index contributed by atoms with van der Waals surface area (Å²) in [6.45, 7) is 10.2. The number of hydrogen-bond donors (Lipinski definition) is 0. The van der Waals surface area contributed by atoms with Crippen LogP contribution in [0.1, 0.15) is 59.3 Å². The zero-order chi connectivity index (χ0) is 14.2. The summed E-state index contributed by atoms with van der Waals surface area (Å²) in [4.78, 5) is 2.58. The minimum absolute atomic E-state index is 1.15. The number of nitrogens with zero attached hydrogens (tertiary/aromatic N) is 1. The SMILES string of the molecule is CCC=CCCN(CCC=CCC)CCC=CCC. The van der Waals surface area contributed by atoms with Gasteiger partial charge in [-0.15, -0.1) is 0 Å². The Morgan fingerprint density at radius 3 is 1.11 bits per heavy atom. The van der Waals surface area contributed by atoms with Crippen molar-refractivity contribution in [1.82, 2.24) is 4.90 Å². The lowest BCUT2D eigenvalue weighted by molar-refractivity contribution is 0.289. The molecule has 0 aromatic rings. The average molecular weight is 263 g/mol. The van der Waals surface area contributed by atoms with Crippen LogP contribution in [0.5, 0.6) is 0 Å². The Hall–Kier alpha value is -0.820. The Bertz CT molecular complexity index is 208. The summed E-state index contributed by atoms with van der Waals surface area (Å²) in [5.74, 6) is 0. The summed E-state index contributed by atoms with van der Waals surface area (Å²) >= 11 is 0. The monoisotopic (exact) mass is 263 g/mol. The van der Waals surface area contributed by atoms with Crippen molar-refractivity contribution in [1.29, 1.82) is 0 Å². The van der Waals surface area contributed by atoms with Crippen LogP contribution in [0.15, 0.2) is 36.5 Å². The van der Waals surface area contributed by atoms with Crippen molar-refractivity contribution in [2.75, 3.05) is 19.6 Å². The standard InChI is InChI=1S/C18H33N/c1-4-7-10-13-16-19(17-14-11-8-5-2)18-15-12-9-6-3/h7-12H,4-6,13-18H2,1-3H3. The molecule has 0 aromatic carbocycles. The highest BCUT2D eigenvalue weighted by molar-refractivity contribution is 4.85.